The molecule has 0 unspecified atom stereocenters. The van der Waals surface area contributed by atoms with Crippen molar-refractivity contribution in [3.05, 3.63) is 52.5 Å². The highest BCUT2D eigenvalue weighted by Gasteiger charge is 2.19. The van der Waals surface area contributed by atoms with Gasteiger partial charge in [0.05, 0.1) is 17.2 Å². The Labute approximate surface area is 128 Å². The van der Waals surface area contributed by atoms with E-state index < -0.39 is 10.0 Å². The highest BCUT2D eigenvalue weighted by molar-refractivity contribution is 7.92. The van der Waals surface area contributed by atoms with Crippen LogP contribution in [0.4, 0.5) is 5.69 Å². The summed E-state index contributed by atoms with van der Waals surface area (Å²) in [6.45, 7) is 2.46. The van der Waals surface area contributed by atoms with E-state index in [-0.39, 0.29) is 4.90 Å². The molecule has 1 aliphatic heterocycles. The van der Waals surface area contributed by atoms with Crippen LogP contribution in [0.15, 0.2) is 41.3 Å². The number of sulfonamides is 1. The smallest absolute Gasteiger partial charge is 0.261 e. The first-order valence-corrected chi connectivity index (χ1v) is 8.36. The van der Waals surface area contributed by atoms with Crippen molar-refractivity contribution in [3.63, 3.8) is 0 Å². The second-order valence-corrected chi connectivity index (χ2v) is 7.03. The van der Waals surface area contributed by atoms with Gasteiger partial charge in [0.2, 0.25) is 0 Å². The third-order valence-corrected chi connectivity index (χ3v) is 5.18. The van der Waals surface area contributed by atoms with Gasteiger partial charge in [-0.05, 0) is 48.4 Å². The minimum atomic E-state index is -3.63. The zero-order valence-electron chi connectivity index (χ0n) is 11.4. The predicted octanol–water partition coefficient (Wildman–Crippen LogP) is 3.38. The molecule has 0 saturated heterocycles. The van der Waals surface area contributed by atoms with E-state index in [1.807, 2.05) is 6.92 Å². The molecule has 0 radical (unpaired) electrons. The monoisotopic (exact) mass is 323 g/mol. The van der Waals surface area contributed by atoms with E-state index in [2.05, 4.69) is 4.72 Å². The molecular formula is C15H14ClNO3S. The van der Waals surface area contributed by atoms with Crippen LogP contribution in [0.25, 0.3) is 0 Å². The first kappa shape index (κ1) is 14.2. The van der Waals surface area contributed by atoms with E-state index in [1.54, 1.807) is 36.4 Å². The third-order valence-electron chi connectivity index (χ3n) is 3.40. The van der Waals surface area contributed by atoms with Crippen molar-refractivity contribution in [2.24, 2.45) is 0 Å². The molecule has 0 aromatic heterocycles. The molecule has 0 amide bonds. The molecule has 6 heteroatoms. The van der Waals surface area contributed by atoms with Crippen LogP contribution in [-0.4, -0.2) is 15.0 Å². The fourth-order valence-corrected chi connectivity index (χ4v) is 3.48. The number of aryl methyl sites for hydroxylation is 1. The Kier molecular flexibility index (Phi) is 3.55. The van der Waals surface area contributed by atoms with Crippen LogP contribution in [-0.2, 0) is 16.4 Å². The van der Waals surface area contributed by atoms with E-state index in [0.717, 1.165) is 23.3 Å². The SMILES string of the molecule is Cc1ccc(NS(=O)(=O)c2ccc3c(c2)CCO3)cc1Cl. The van der Waals surface area contributed by atoms with Gasteiger partial charge in [-0.1, -0.05) is 17.7 Å². The number of rotatable bonds is 3. The molecular weight excluding hydrogens is 310 g/mol. The maximum absolute atomic E-state index is 12.4. The highest BCUT2D eigenvalue weighted by Crippen LogP contribution is 2.29. The maximum atomic E-state index is 12.4. The van der Waals surface area contributed by atoms with Crippen molar-refractivity contribution < 1.29 is 13.2 Å². The minimum Gasteiger partial charge on any atom is -0.493 e. The molecule has 2 aromatic rings. The molecule has 1 N–H and O–H groups in total. The Balaban J connectivity index is 1.91. The Morgan fingerprint density at radius 2 is 2.00 bits per heavy atom. The lowest BCUT2D eigenvalue weighted by Gasteiger charge is -2.10. The summed E-state index contributed by atoms with van der Waals surface area (Å²) in [4.78, 5) is 0.225. The summed E-state index contributed by atoms with van der Waals surface area (Å²) in [6.07, 6.45) is 0.731. The summed E-state index contributed by atoms with van der Waals surface area (Å²) in [5.74, 6) is 0.757. The third kappa shape index (κ3) is 2.84. The zero-order chi connectivity index (χ0) is 15.0. The van der Waals surface area contributed by atoms with Crippen LogP contribution in [0.3, 0.4) is 0 Å². The summed E-state index contributed by atoms with van der Waals surface area (Å²) in [7, 11) is -3.63. The second kappa shape index (κ2) is 5.24. The Morgan fingerprint density at radius 3 is 2.76 bits per heavy atom. The van der Waals surface area contributed by atoms with Gasteiger partial charge in [0.15, 0.2) is 0 Å². The molecule has 21 heavy (non-hydrogen) atoms. The molecule has 1 aliphatic rings. The molecule has 2 aromatic carbocycles. The fourth-order valence-electron chi connectivity index (χ4n) is 2.20. The average molecular weight is 324 g/mol. The number of benzene rings is 2. The largest absolute Gasteiger partial charge is 0.493 e. The zero-order valence-corrected chi connectivity index (χ0v) is 13.0. The predicted molar refractivity (Wildman–Crippen MR) is 82.6 cm³/mol. The van der Waals surface area contributed by atoms with Gasteiger partial charge in [0, 0.05) is 11.4 Å². The maximum Gasteiger partial charge on any atom is 0.261 e. The van der Waals surface area contributed by atoms with E-state index in [0.29, 0.717) is 17.3 Å². The second-order valence-electron chi connectivity index (χ2n) is 4.94. The van der Waals surface area contributed by atoms with Gasteiger partial charge in [-0.25, -0.2) is 8.42 Å². The van der Waals surface area contributed by atoms with Crippen LogP contribution in [0.5, 0.6) is 5.75 Å². The van der Waals surface area contributed by atoms with E-state index in [9.17, 15) is 8.42 Å². The van der Waals surface area contributed by atoms with Crippen molar-refractivity contribution >= 4 is 27.3 Å². The number of nitrogens with one attached hydrogen (secondary N) is 1. The molecule has 4 nitrogen and oxygen atoms in total. The van der Waals surface area contributed by atoms with Crippen LogP contribution >= 0.6 is 11.6 Å². The average Bonchev–Trinajstić information content (AvgIpc) is 2.90. The minimum absolute atomic E-state index is 0.225. The molecule has 0 aliphatic carbocycles. The van der Waals surface area contributed by atoms with Crippen molar-refractivity contribution in [2.75, 3.05) is 11.3 Å². The van der Waals surface area contributed by atoms with Crippen LogP contribution in [0, 0.1) is 6.92 Å². The van der Waals surface area contributed by atoms with Crippen molar-refractivity contribution in [1.82, 2.24) is 0 Å². The number of hydrogen-bond donors (Lipinski definition) is 1. The molecule has 0 fully saturated rings. The molecule has 0 bridgehead atoms. The van der Waals surface area contributed by atoms with Gasteiger partial charge in [0.25, 0.3) is 10.0 Å². The highest BCUT2D eigenvalue weighted by atomic mass is 35.5. The molecule has 0 saturated carbocycles. The van der Waals surface area contributed by atoms with Crippen LogP contribution in [0.1, 0.15) is 11.1 Å². The van der Waals surface area contributed by atoms with E-state index in [1.165, 1.54) is 0 Å². The first-order chi connectivity index (χ1) is 9.95. The lowest BCUT2D eigenvalue weighted by Crippen LogP contribution is -2.13. The van der Waals surface area contributed by atoms with Gasteiger partial charge in [0.1, 0.15) is 5.75 Å². The topological polar surface area (TPSA) is 55.4 Å². The molecule has 1 heterocycles. The lowest BCUT2D eigenvalue weighted by atomic mass is 10.2. The van der Waals surface area contributed by atoms with Gasteiger partial charge >= 0.3 is 0 Å². The van der Waals surface area contributed by atoms with Crippen molar-refractivity contribution in [3.8, 4) is 5.75 Å². The molecule has 3 rings (SSSR count). The number of anilines is 1. The standard InChI is InChI=1S/C15H14ClNO3S/c1-10-2-3-12(9-14(10)16)17-21(18,19)13-4-5-15-11(8-13)6-7-20-15/h2-5,8-9,17H,6-7H2,1H3. The summed E-state index contributed by atoms with van der Waals surface area (Å²) < 4.78 is 32.7. The number of fused-ring (bicyclic) bond motifs is 1. The van der Waals surface area contributed by atoms with Gasteiger partial charge in [-0.15, -0.1) is 0 Å². The summed E-state index contributed by atoms with van der Waals surface area (Å²) in [6, 6.07) is 9.96. The first-order valence-electron chi connectivity index (χ1n) is 6.50. The molecule has 0 spiro atoms. The van der Waals surface area contributed by atoms with E-state index >= 15 is 0 Å². The summed E-state index contributed by atoms with van der Waals surface area (Å²) in [5, 5.41) is 0.526. The fraction of sp³-hybridized carbons (Fsp3) is 0.200. The quantitative estimate of drug-likeness (QED) is 0.942. The molecule has 110 valence electrons. The molecule has 0 atom stereocenters. The van der Waals surface area contributed by atoms with E-state index in [4.69, 9.17) is 16.3 Å². The summed E-state index contributed by atoms with van der Waals surface area (Å²) in [5.41, 5.74) is 2.26. The van der Waals surface area contributed by atoms with Gasteiger partial charge < -0.3 is 4.74 Å². The van der Waals surface area contributed by atoms with Gasteiger partial charge in [-0.2, -0.15) is 0 Å². The van der Waals surface area contributed by atoms with Crippen molar-refractivity contribution in [1.29, 1.82) is 0 Å². The number of ether oxygens (including phenoxy) is 1. The van der Waals surface area contributed by atoms with Gasteiger partial charge in [-0.3, -0.25) is 4.72 Å². The normalized spacial score (nSPS) is 13.6. The Morgan fingerprint density at radius 1 is 1.19 bits per heavy atom. The number of halogens is 1. The Bertz CT molecular complexity index is 803. The van der Waals surface area contributed by atoms with Crippen LogP contribution in [0.2, 0.25) is 5.02 Å². The Hall–Kier alpha value is -1.72. The summed E-state index contributed by atoms with van der Waals surface area (Å²) >= 11 is 6.01. The van der Waals surface area contributed by atoms with Crippen LogP contribution < -0.4 is 9.46 Å². The number of hydrogen-bond acceptors (Lipinski definition) is 3. The van der Waals surface area contributed by atoms with Crippen molar-refractivity contribution in [2.45, 2.75) is 18.2 Å². The lowest BCUT2D eigenvalue weighted by molar-refractivity contribution is 0.356.